The molecule has 1 fully saturated rings. The second-order valence-corrected chi connectivity index (χ2v) is 5.70. The van der Waals surface area contributed by atoms with E-state index < -0.39 is 0 Å². The zero-order chi connectivity index (χ0) is 13.1. The molecule has 1 aromatic rings. The summed E-state index contributed by atoms with van der Waals surface area (Å²) < 4.78 is 0. The van der Waals surface area contributed by atoms with Crippen LogP contribution in [0.5, 0.6) is 0 Å². The van der Waals surface area contributed by atoms with Crippen LogP contribution in [0.1, 0.15) is 42.7 Å². The summed E-state index contributed by atoms with van der Waals surface area (Å²) in [6, 6.07) is 8.72. The van der Waals surface area contributed by atoms with E-state index in [2.05, 4.69) is 28.8 Å². The topological polar surface area (TPSA) is 41.1 Å². The van der Waals surface area contributed by atoms with Crippen molar-refractivity contribution in [3.05, 3.63) is 35.4 Å². The van der Waals surface area contributed by atoms with Crippen LogP contribution in [0.4, 0.5) is 0 Å². The van der Waals surface area contributed by atoms with Crippen LogP contribution in [0.25, 0.3) is 0 Å². The van der Waals surface area contributed by atoms with Gasteiger partial charge in [0.2, 0.25) is 5.91 Å². The lowest BCUT2D eigenvalue weighted by Crippen LogP contribution is -2.47. The van der Waals surface area contributed by atoms with Gasteiger partial charge in [0, 0.05) is 12.6 Å². The summed E-state index contributed by atoms with van der Waals surface area (Å²) in [5.41, 5.74) is 2.60. The summed E-state index contributed by atoms with van der Waals surface area (Å²) in [5.74, 6) is 0.285. The van der Waals surface area contributed by atoms with Crippen LogP contribution < -0.4 is 10.6 Å². The molecule has 1 aromatic carbocycles. The predicted octanol–water partition coefficient (Wildman–Crippen LogP) is 2.40. The second kappa shape index (κ2) is 7.09. The monoisotopic (exact) mass is 294 g/mol. The summed E-state index contributed by atoms with van der Waals surface area (Å²) in [4.78, 5) is 12.5. The zero-order valence-corrected chi connectivity index (χ0v) is 12.5. The van der Waals surface area contributed by atoms with Crippen molar-refractivity contribution in [2.45, 2.75) is 44.1 Å². The minimum Gasteiger partial charge on any atom is -0.352 e. The Morgan fingerprint density at radius 1 is 1.20 bits per heavy atom. The van der Waals surface area contributed by atoms with E-state index in [1.807, 2.05) is 6.07 Å². The molecular formula is C16H23ClN2O. The van der Waals surface area contributed by atoms with Gasteiger partial charge in [0.25, 0.3) is 0 Å². The molecule has 0 bridgehead atoms. The Hall–Kier alpha value is -1.06. The Kier molecular flexibility index (Phi) is 5.44. The van der Waals surface area contributed by atoms with Crippen molar-refractivity contribution in [3.63, 3.8) is 0 Å². The van der Waals surface area contributed by atoms with Crippen molar-refractivity contribution in [1.82, 2.24) is 10.6 Å². The van der Waals surface area contributed by atoms with Gasteiger partial charge in [-0.3, -0.25) is 4.79 Å². The van der Waals surface area contributed by atoms with Gasteiger partial charge in [-0.05, 0) is 49.8 Å². The van der Waals surface area contributed by atoms with Crippen molar-refractivity contribution in [3.8, 4) is 0 Å². The van der Waals surface area contributed by atoms with Gasteiger partial charge in [-0.25, -0.2) is 0 Å². The fraction of sp³-hybridized carbons (Fsp3) is 0.562. The van der Waals surface area contributed by atoms with Crippen molar-refractivity contribution in [2.24, 2.45) is 0 Å². The lowest BCUT2D eigenvalue weighted by Gasteiger charge is -2.29. The SMILES string of the molecule is Cl.O=C(NC1CCCNC1)C1CCCc2ccccc21. The number of rotatable bonds is 2. The van der Waals surface area contributed by atoms with Gasteiger partial charge in [0.1, 0.15) is 0 Å². The quantitative estimate of drug-likeness (QED) is 0.879. The number of halogens is 1. The highest BCUT2D eigenvalue weighted by atomic mass is 35.5. The highest BCUT2D eigenvalue weighted by molar-refractivity contribution is 5.85. The van der Waals surface area contributed by atoms with E-state index in [9.17, 15) is 4.79 Å². The van der Waals surface area contributed by atoms with Gasteiger partial charge in [0.05, 0.1) is 5.92 Å². The Balaban J connectivity index is 0.00000147. The molecule has 1 saturated heterocycles. The molecule has 3 nitrogen and oxygen atoms in total. The third-order valence-electron chi connectivity index (χ3n) is 4.33. The average molecular weight is 295 g/mol. The summed E-state index contributed by atoms with van der Waals surface area (Å²) in [6.45, 7) is 2.00. The third kappa shape index (κ3) is 3.33. The first-order valence-electron chi connectivity index (χ1n) is 7.43. The Bertz CT molecular complexity index is 458. The molecule has 0 saturated carbocycles. The summed E-state index contributed by atoms with van der Waals surface area (Å²) >= 11 is 0. The second-order valence-electron chi connectivity index (χ2n) is 5.70. The molecule has 1 heterocycles. The minimum absolute atomic E-state index is 0. The fourth-order valence-corrected chi connectivity index (χ4v) is 3.30. The molecule has 0 radical (unpaired) electrons. The van der Waals surface area contributed by atoms with Gasteiger partial charge in [-0.2, -0.15) is 0 Å². The molecule has 2 aliphatic rings. The Morgan fingerprint density at radius 2 is 2.05 bits per heavy atom. The molecule has 0 aromatic heterocycles. The van der Waals surface area contributed by atoms with E-state index in [1.165, 1.54) is 11.1 Å². The van der Waals surface area contributed by atoms with Crippen LogP contribution in [0, 0.1) is 0 Å². The number of fused-ring (bicyclic) bond motifs is 1. The van der Waals surface area contributed by atoms with Gasteiger partial charge in [-0.15, -0.1) is 12.4 Å². The molecule has 20 heavy (non-hydrogen) atoms. The third-order valence-corrected chi connectivity index (χ3v) is 4.33. The first-order valence-corrected chi connectivity index (χ1v) is 7.43. The molecule has 2 unspecified atom stereocenters. The van der Waals surface area contributed by atoms with Gasteiger partial charge in [-0.1, -0.05) is 24.3 Å². The number of carbonyl (C=O) groups excluding carboxylic acids is 1. The van der Waals surface area contributed by atoms with E-state index in [0.717, 1.165) is 45.2 Å². The minimum atomic E-state index is 0. The molecule has 110 valence electrons. The maximum atomic E-state index is 12.5. The van der Waals surface area contributed by atoms with Crippen molar-refractivity contribution >= 4 is 18.3 Å². The zero-order valence-electron chi connectivity index (χ0n) is 11.7. The first kappa shape index (κ1) is 15.3. The van der Waals surface area contributed by atoms with Crippen LogP contribution in [-0.2, 0) is 11.2 Å². The van der Waals surface area contributed by atoms with Gasteiger partial charge >= 0.3 is 0 Å². The molecule has 2 atom stereocenters. The number of nitrogens with one attached hydrogen (secondary N) is 2. The van der Waals surface area contributed by atoms with Crippen molar-refractivity contribution in [2.75, 3.05) is 13.1 Å². The molecular weight excluding hydrogens is 272 g/mol. The maximum Gasteiger partial charge on any atom is 0.227 e. The number of benzene rings is 1. The highest BCUT2D eigenvalue weighted by Crippen LogP contribution is 2.31. The number of carbonyl (C=O) groups is 1. The Morgan fingerprint density at radius 3 is 2.85 bits per heavy atom. The lowest BCUT2D eigenvalue weighted by molar-refractivity contribution is -0.123. The number of amides is 1. The number of hydrogen-bond acceptors (Lipinski definition) is 2. The van der Waals surface area contributed by atoms with Gasteiger partial charge < -0.3 is 10.6 Å². The molecule has 3 rings (SSSR count). The van der Waals surface area contributed by atoms with E-state index in [4.69, 9.17) is 0 Å². The predicted molar refractivity (Wildman–Crippen MR) is 83.4 cm³/mol. The largest absolute Gasteiger partial charge is 0.352 e. The highest BCUT2D eigenvalue weighted by Gasteiger charge is 2.27. The first-order chi connectivity index (χ1) is 9.34. The number of aryl methyl sites for hydroxylation is 1. The number of piperidine rings is 1. The lowest BCUT2D eigenvalue weighted by atomic mass is 9.82. The molecule has 1 amide bonds. The molecule has 1 aliphatic heterocycles. The average Bonchev–Trinajstić information content (AvgIpc) is 2.47. The van der Waals surface area contributed by atoms with Crippen LogP contribution in [0.3, 0.4) is 0 Å². The normalized spacial score (nSPS) is 25.2. The van der Waals surface area contributed by atoms with Crippen molar-refractivity contribution < 1.29 is 4.79 Å². The van der Waals surface area contributed by atoms with Crippen LogP contribution >= 0.6 is 12.4 Å². The van der Waals surface area contributed by atoms with E-state index in [-0.39, 0.29) is 24.2 Å². The Labute approximate surface area is 126 Å². The van der Waals surface area contributed by atoms with Crippen LogP contribution in [0.15, 0.2) is 24.3 Å². The fourth-order valence-electron chi connectivity index (χ4n) is 3.30. The van der Waals surface area contributed by atoms with Crippen LogP contribution in [0.2, 0.25) is 0 Å². The summed E-state index contributed by atoms with van der Waals surface area (Å²) in [5, 5.41) is 6.58. The van der Waals surface area contributed by atoms with E-state index in [1.54, 1.807) is 0 Å². The standard InChI is InChI=1S/C16H22N2O.ClH/c19-16(18-13-7-4-10-17-11-13)15-9-3-6-12-5-1-2-8-14(12)15;/h1-2,5,8,13,15,17H,3-4,6-7,9-11H2,(H,18,19);1H. The summed E-state index contributed by atoms with van der Waals surface area (Å²) in [7, 11) is 0. The van der Waals surface area contributed by atoms with E-state index >= 15 is 0 Å². The van der Waals surface area contributed by atoms with Crippen molar-refractivity contribution in [1.29, 1.82) is 0 Å². The smallest absolute Gasteiger partial charge is 0.227 e. The molecule has 1 aliphatic carbocycles. The summed E-state index contributed by atoms with van der Waals surface area (Å²) in [6.07, 6.45) is 5.49. The maximum absolute atomic E-state index is 12.5. The number of hydrogen-bond donors (Lipinski definition) is 2. The van der Waals surface area contributed by atoms with E-state index in [0.29, 0.717) is 6.04 Å². The van der Waals surface area contributed by atoms with Gasteiger partial charge in [0.15, 0.2) is 0 Å². The molecule has 0 spiro atoms. The van der Waals surface area contributed by atoms with Crippen LogP contribution in [-0.4, -0.2) is 25.0 Å². The molecule has 4 heteroatoms. The molecule has 2 N–H and O–H groups in total.